The number of fused-ring (bicyclic) bond motifs is 5. The molecule has 7 rings (SSSR count). The van der Waals surface area contributed by atoms with Crippen LogP contribution in [-0.2, 0) is 0 Å². The molecule has 3 aliphatic rings. The van der Waals surface area contributed by atoms with Crippen LogP contribution in [0.4, 0.5) is 0 Å². The molecule has 3 saturated heterocycles. The highest BCUT2D eigenvalue weighted by atomic mass is 16.1. The SMILES string of the molecule is O=C(C[N+]12CC[N+](CC(=O)c3cccc4ccccc34)(CC1)CC2)c1cccc2ccccc12. The lowest BCUT2D eigenvalue weighted by atomic mass is 9.97. The molecule has 4 aromatic rings. The Balaban J connectivity index is 1.17. The average molecular weight is 451 g/mol. The van der Waals surface area contributed by atoms with Gasteiger partial charge in [0.15, 0.2) is 0 Å². The summed E-state index contributed by atoms with van der Waals surface area (Å²) in [5, 5.41) is 4.34. The molecule has 0 atom stereocenters. The summed E-state index contributed by atoms with van der Waals surface area (Å²) in [5.41, 5.74) is 1.68. The van der Waals surface area contributed by atoms with Crippen molar-refractivity contribution in [2.75, 3.05) is 52.4 Å². The number of Topliss-reactive ketones (excluding diaryl/α,β-unsaturated/α-hetero) is 2. The van der Waals surface area contributed by atoms with Crippen LogP contribution in [0.2, 0.25) is 0 Å². The molecule has 170 valence electrons. The highest BCUT2D eigenvalue weighted by molar-refractivity contribution is 6.09. The Bertz CT molecular complexity index is 1280. The van der Waals surface area contributed by atoms with Crippen molar-refractivity contribution in [3.63, 3.8) is 0 Å². The summed E-state index contributed by atoms with van der Waals surface area (Å²) in [7, 11) is 0. The second-order valence-electron chi connectivity index (χ2n) is 10.2. The molecule has 0 aliphatic carbocycles. The molecule has 0 radical (unpaired) electrons. The minimum atomic E-state index is 0.241. The van der Waals surface area contributed by atoms with Crippen molar-refractivity contribution < 1.29 is 18.6 Å². The molecule has 0 spiro atoms. The number of carbonyl (C=O) groups is 2. The fourth-order valence-corrected chi connectivity index (χ4v) is 6.13. The Kier molecular flexibility index (Phi) is 5.09. The molecule has 34 heavy (non-hydrogen) atoms. The fourth-order valence-electron chi connectivity index (χ4n) is 6.13. The van der Waals surface area contributed by atoms with Crippen molar-refractivity contribution in [2.24, 2.45) is 0 Å². The van der Waals surface area contributed by atoms with E-state index < -0.39 is 0 Å². The predicted octanol–water partition coefficient (Wildman–Crippen LogP) is 4.72. The van der Waals surface area contributed by atoms with E-state index in [2.05, 4.69) is 36.4 Å². The molecule has 4 heteroatoms. The van der Waals surface area contributed by atoms with Crippen LogP contribution in [0.5, 0.6) is 0 Å². The van der Waals surface area contributed by atoms with Crippen LogP contribution in [0.1, 0.15) is 20.7 Å². The first kappa shape index (κ1) is 21.2. The summed E-state index contributed by atoms with van der Waals surface area (Å²) >= 11 is 0. The maximum atomic E-state index is 13.4. The summed E-state index contributed by atoms with van der Waals surface area (Å²) in [4.78, 5) is 26.8. The van der Waals surface area contributed by atoms with E-state index in [-0.39, 0.29) is 11.6 Å². The molecule has 4 nitrogen and oxygen atoms in total. The van der Waals surface area contributed by atoms with E-state index in [0.717, 1.165) is 80.9 Å². The highest BCUT2D eigenvalue weighted by Crippen LogP contribution is 2.29. The third-order valence-corrected chi connectivity index (χ3v) is 8.28. The van der Waals surface area contributed by atoms with Crippen LogP contribution in [0.3, 0.4) is 0 Å². The van der Waals surface area contributed by atoms with E-state index in [1.165, 1.54) is 0 Å². The Morgan fingerprint density at radius 1 is 0.500 bits per heavy atom. The lowest BCUT2D eigenvalue weighted by Gasteiger charge is -2.55. The van der Waals surface area contributed by atoms with Crippen LogP contribution in [0.15, 0.2) is 84.9 Å². The van der Waals surface area contributed by atoms with Gasteiger partial charge in [-0.25, -0.2) is 0 Å². The average Bonchev–Trinajstić information content (AvgIpc) is 2.89. The lowest BCUT2D eigenvalue weighted by Crippen LogP contribution is -2.76. The maximum absolute atomic E-state index is 13.4. The Morgan fingerprint density at radius 2 is 0.853 bits per heavy atom. The molecule has 0 amide bonds. The molecular weight excluding hydrogens is 420 g/mol. The highest BCUT2D eigenvalue weighted by Gasteiger charge is 2.50. The van der Waals surface area contributed by atoms with Gasteiger partial charge in [-0.2, -0.15) is 0 Å². The third kappa shape index (κ3) is 3.64. The van der Waals surface area contributed by atoms with Gasteiger partial charge in [0.05, 0.1) is 0 Å². The van der Waals surface area contributed by atoms with E-state index in [4.69, 9.17) is 0 Å². The van der Waals surface area contributed by atoms with Gasteiger partial charge >= 0.3 is 0 Å². The van der Waals surface area contributed by atoms with Gasteiger partial charge in [-0.1, -0.05) is 84.9 Å². The van der Waals surface area contributed by atoms with E-state index >= 15 is 0 Å². The van der Waals surface area contributed by atoms with E-state index in [1.807, 2.05) is 48.5 Å². The number of hydrogen-bond donors (Lipinski definition) is 0. The number of benzene rings is 4. The second-order valence-corrected chi connectivity index (χ2v) is 10.2. The number of piperazine rings is 3. The van der Waals surface area contributed by atoms with Crippen LogP contribution in [-0.4, -0.2) is 72.9 Å². The molecule has 0 unspecified atom stereocenters. The zero-order valence-electron chi connectivity index (χ0n) is 19.5. The van der Waals surface area contributed by atoms with Crippen LogP contribution >= 0.6 is 0 Å². The Hall–Kier alpha value is -3.34. The number of carbonyl (C=O) groups excluding carboxylic acids is 2. The molecular formula is C30H30N2O2+2. The normalized spacial score (nSPS) is 23.9. The van der Waals surface area contributed by atoms with Crippen molar-refractivity contribution in [3.8, 4) is 0 Å². The summed E-state index contributed by atoms with van der Waals surface area (Å²) in [5.74, 6) is 0.482. The number of hydrogen-bond acceptors (Lipinski definition) is 2. The molecule has 0 saturated carbocycles. The molecule has 2 bridgehead atoms. The molecule has 3 aliphatic heterocycles. The first-order valence-corrected chi connectivity index (χ1v) is 12.3. The van der Waals surface area contributed by atoms with Crippen molar-refractivity contribution >= 4 is 33.1 Å². The van der Waals surface area contributed by atoms with E-state index in [0.29, 0.717) is 13.1 Å². The van der Waals surface area contributed by atoms with Crippen molar-refractivity contribution in [3.05, 3.63) is 96.1 Å². The zero-order chi connectivity index (χ0) is 23.2. The van der Waals surface area contributed by atoms with Gasteiger partial charge in [0.2, 0.25) is 11.6 Å². The van der Waals surface area contributed by atoms with Crippen molar-refractivity contribution in [1.82, 2.24) is 0 Å². The summed E-state index contributed by atoms with van der Waals surface area (Å²) in [6.45, 7) is 6.95. The summed E-state index contributed by atoms with van der Waals surface area (Å²) in [6.07, 6.45) is 0. The quantitative estimate of drug-likeness (QED) is 0.315. The van der Waals surface area contributed by atoms with Crippen molar-refractivity contribution in [2.45, 2.75) is 0 Å². The predicted molar refractivity (Wildman–Crippen MR) is 136 cm³/mol. The summed E-state index contributed by atoms with van der Waals surface area (Å²) < 4.78 is 1.73. The van der Waals surface area contributed by atoms with E-state index in [9.17, 15) is 9.59 Å². The van der Waals surface area contributed by atoms with Gasteiger partial charge < -0.3 is 8.97 Å². The fraction of sp³-hybridized carbons (Fsp3) is 0.267. The third-order valence-electron chi connectivity index (χ3n) is 8.28. The van der Waals surface area contributed by atoms with Gasteiger partial charge in [0, 0.05) is 11.1 Å². The zero-order valence-corrected chi connectivity index (χ0v) is 19.5. The number of ketones is 2. The molecule has 0 aromatic heterocycles. The Morgan fingerprint density at radius 3 is 1.26 bits per heavy atom. The number of nitrogens with zero attached hydrogens (tertiary/aromatic N) is 2. The van der Waals surface area contributed by atoms with Crippen molar-refractivity contribution in [1.29, 1.82) is 0 Å². The Labute approximate surface area is 200 Å². The van der Waals surface area contributed by atoms with Crippen LogP contribution in [0.25, 0.3) is 21.5 Å². The molecule has 4 aromatic carbocycles. The van der Waals surface area contributed by atoms with Gasteiger partial charge in [-0.3, -0.25) is 9.59 Å². The lowest BCUT2D eigenvalue weighted by molar-refractivity contribution is -1.07. The second kappa shape index (κ2) is 8.15. The van der Waals surface area contributed by atoms with E-state index in [1.54, 1.807) is 0 Å². The smallest absolute Gasteiger partial charge is 0.217 e. The monoisotopic (exact) mass is 450 g/mol. The van der Waals surface area contributed by atoms with Gasteiger partial charge in [0.25, 0.3) is 0 Å². The molecule has 3 fully saturated rings. The van der Waals surface area contributed by atoms with Crippen LogP contribution in [0, 0.1) is 0 Å². The standard InChI is InChI=1S/C30H30N2O2/c33-29(27-13-5-9-23-7-1-3-11-25(23)27)21-31-15-18-32(19-16-31,20-17-31)22-30(34)28-14-6-10-24-8-2-4-12-26(24)28/h1-14H,15-22H2/q+2. The van der Waals surface area contributed by atoms with Gasteiger partial charge in [-0.15, -0.1) is 0 Å². The molecule has 3 heterocycles. The number of rotatable bonds is 6. The van der Waals surface area contributed by atoms with Gasteiger partial charge in [0.1, 0.15) is 52.4 Å². The number of quaternary nitrogens is 2. The first-order valence-electron chi connectivity index (χ1n) is 12.3. The minimum absolute atomic E-state index is 0.241. The summed E-state index contributed by atoms with van der Waals surface area (Å²) in [6, 6.07) is 28.3. The maximum Gasteiger partial charge on any atom is 0.217 e. The first-order chi connectivity index (χ1) is 16.6. The van der Waals surface area contributed by atoms with Gasteiger partial charge in [-0.05, 0) is 21.5 Å². The topological polar surface area (TPSA) is 34.1 Å². The van der Waals surface area contributed by atoms with Crippen LogP contribution < -0.4 is 0 Å². The minimum Gasteiger partial charge on any atom is -0.303 e. The largest absolute Gasteiger partial charge is 0.303 e. The molecule has 0 N–H and O–H groups in total.